The second kappa shape index (κ2) is 13.6. The molecule has 242 valence electrons. The molecular weight excluding hydrogens is 593 g/mol. The van der Waals surface area contributed by atoms with E-state index in [1.807, 2.05) is 43.3 Å². The summed E-state index contributed by atoms with van der Waals surface area (Å²) in [5, 5.41) is 3.07. The van der Waals surface area contributed by atoms with Crippen molar-refractivity contribution in [3.05, 3.63) is 113 Å². The summed E-state index contributed by atoms with van der Waals surface area (Å²) in [5.41, 5.74) is 2.24. The third-order valence-electron chi connectivity index (χ3n) is 9.73. The van der Waals surface area contributed by atoms with E-state index in [1.54, 1.807) is 19.4 Å². The molecule has 3 aromatic carbocycles. The first-order valence-corrected chi connectivity index (χ1v) is 15.9. The second-order valence-electron chi connectivity index (χ2n) is 12.4. The highest BCUT2D eigenvalue weighted by atomic mass is 19.2. The number of likely N-dealkylation sites (tertiary alicyclic amines) is 1. The summed E-state index contributed by atoms with van der Waals surface area (Å²) in [6, 6.07) is 15.5. The molecule has 46 heavy (non-hydrogen) atoms. The lowest BCUT2D eigenvalue weighted by atomic mass is 9.81. The van der Waals surface area contributed by atoms with E-state index < -0.39 is 29.7 Å². The molecule has 2 aliphatic heterocycles. The average Bonchev–Trinajstić information content (AvgIpc) is 3.54. The highest BCUT2D eigenvalue weighted by Gasteiger charge is 2.40. The van der Waals surface area contributed by atoms with Gasteiger partial charge in [0.25, 0.3) is 0 Å². The summed E-state index contributed by atoms with van der Waals surface area (Å²) in [4.78, 5) is 32.8. The average molecular weight is 633 g/mol. The molecule has 0 radical (unpaired) electrons. The van der Waals surface area contributed by atoms with E-state index in [2.05, 4.69) is 10.2 Å². The number of rotatable bonds is 7. The number of carbonyl (C=O) groups excluding carboxylic acids is 2. The molecule has 2 fully saturated rings. The lowest BCUT2D eigenvalue weighted by molar-refractivity contribution is 0.139. The fourth-order valence-electron chi connectivity index (χ4n) is 7.18. The summed E-state index contributed by atoms with van der Waals surface area (Å²) in [7, 11) is 1.57. The van der Waals surface area contributed by atoms with Gasteiger partial charge in [-0.25, -0.2) is 27.7 Å². The molecule has 1 N–H and O–H groups in total. The Morgan fingerprint density at radius 2 is 1.70 bits per heavy atom. The maximum atomic E-state index is 14.3. The maximum absolute atomic E-state index is 14.3. The van der Waals surface area contributed by atoms with Crippen LogP contribution in [0.1, 0.15) is 73.7 Å². The lowest BCUT2D eigenvalue weighted by Crippen LogP contribution is -2.54. The first kappa shape index (κ1) is 31.7. The number of amides is 4. The number of imide groups is 1. The van der Waals surface area contributed by atoms with E-state index in [-0.39, 0.29) is 17.9 Å². The van der Waals surface area contributed by atoms with Crippen LogP contribution in [-0.2, 0) is 0 Å². The Morgan fingerprint density at radius 1 is 0.935 bits per heavy atom. The minimum Gasteiger partial charge on any atom is -0.496 e. The molecule has 2 heterocycles. The van der Waals surface area contributed by atoms with Crippen LogP contribution in [0.25, 0.3) is 0 Å². The molecule has 0 bridgehead atoms. The number of ether oxygens (including phenoxy) is 1. The van der Waals surface area contributed by atoms with E-state index in [0.717, 1.165) is 66.8 Å². The van der Waals surface area contributed by atoms with Gasteiger partial charge < -0.3 is 10.1 Å². The van der Waals surface area contributed by atoms with Crippen molar-refractivity contribution in [2.75, 3.05) is 20.2 Å². The zero-order valence-electron chi connectivity index (χ0n) is 26.0. The largest absolute Gasteiger partial charge is 0.496 e. The van der Waals surface area contributed by atoms with Crippen LogP contribution >= 0.6 is 0 Å². The van der Waals surface area contributed by atoms with Crippen molar-refractivity contribution < 1.29 is 27.5 Å². The fraction of sp³-hybridized carbons (Fsp3) is 0.389. The molecule has 7 nitrogen and oxygen atoms in total. The molecule has 4 amide bonds. The third kappa shape index (κ3) is 6.49. The molecular formula is C36H39F3N4O3. The van der Waals surface area contributed by atoms with Crippen LogP contribution in [0.3, 0.4) is 0 Å². The number of carbonyl (C=O) groups is 2. The van der Waals surface area contributed by atoms with Gasteiger partial charge in [0.1, 0.15) is 11.6 Å². The standard InChI is InChI=1S/C36H39F3N4O3/c1-23(24-6-4-3-5-7-24)42-19-17-33(26-10-15-31(38)32(39)20-26)43(36(42)45)35(44)40-28-16-18-41(22-28)29-12-8-25(9-13-29)30-14-11-27(37)21-34(30)46-2/h3-7,10-11,14-15,17,19-21,23,25,28-29,33H,8-9,12-13,16,18,22H2,1-2H3,(H,40,44)/t23-,25?,28-,29?,33?/m1/s1. The second-order valence-corrected chi connectivity index (χ2v) is 12.4. The number of urea groups is 2. The lowest BCUT2D eigenvalue weighted by Gasteiger charge is -2.39. The van der Waals surface area contributed by atoms with Crippen LogP contribution in [0.5, 0.6) is 5.75 Å². The van der Waals surface area contributed by atoms with Crippen molar-refractivity contribution in [2.24, 2.45) is 0 Å². The summed E-state index contributed by atoms with van der Waals surface area (Å²) >= 11 is 0. The maximum Gasteiger partial charge on any atom is 0.333 e. The Kier molecular flexibility index (Phi) is 9.35. The highest BCUT2D eigenvalue weighted by molar-refractivity contribution is 5.96. The molecule has 1 unspecified atom stereocenters. The summed E-state index contributed by atoms with van der Waals surface area (Å²) in [6.07, 6.45) is 7.89. The molecule has 3 aliphatic rings. The van der Waals surface area contributed by atoms with Crippen LogP contribution in [-0.4, -0.2) is 59.0 Å². The minimum atomic E-state index is -1.04. The Labute approximate surface area is 267 Å². The van der Waals surface area contributed by atoms with E-state index in [9.17, 15) is 22.8 Å². The van der Waals surface area contributed by atoms with Gasteiger partial charge in [-0.1, -0.05) is 42.5 Å². The molecule has 0 aromatic heterocycles. The first-order chi connectivity index (χ1) is 22.2. The van der Waals surface area contributed by atoms with Gasteiger partial charge in [0.05, 0.1) is 19.2 Å². The van der Waals surface area contributed by atoms with E-state index in [4.69, 9.17) is 4.74 Å². The first-order valence-electron chi connectivity index (χ1n) is 15.9. The monoisotopic (exact) mass is 632 g/mol. The zero-order valence-corrected chi connectivity index (χ0v) is 26.0. The smallest absolute Gasteiger partial charge is 0.333 e. The van der Waals surface area contributed by atoms with Crippen molar-refractivity contribution in [2.45, 2.75) is 69.1 Å². The molecule has 0 spiro atoms. The SMILES string of the molecule is COc1cc(F)ccc1C1CCC(N2CC[C@@H](NC(=O)N3C(=O)N([C@H](C)c4ccccc4)C=CC3c3ccc(F)c(F)c3)C2)CC1. The van der Waals surface area contributed by atoms with Gasteiger partial charge in [-0.15, -0.1) is 0 Å². The van der Waals surface area contributed by atoms with Gasteiger partial charge in [-0.05, 0) is 85.9 Å². The van der Waals surface area contributed by atoms with Crippen LogP contribution in [0.4, 0.5) is 22.8 Å². The van der Waals surface area contributed by atoms with Crippen molar-refractivity contribution in [1.29, 1.82) is 0 Å². The normalized spacial score (nSPS) is 24.2. The molecule has 3 atom stereocenters. The number of halogens is 3. The third-order valence-corrected chi connectivity index (χ3v) is 9.73. The molecule has 1 saturated heterocycles. The summed E-state index contributed by atoms with van der Waals surface area (Å²) in [6.45, 7) is 3.35. The number of hydrogen-bond acceptors (Lipinski definition) is 4. The van der Waals surface area contributed by atoms with Crippen LogP contribution < -0.4 is 10.1 Å². The van der Waals surface area contributed by atoms with E-state index in [0.29, 0.717) is 29.8 Å². The summed E-state index contributed by atoms with van der Waals surface area (Å²) in [5.74, 6) is -1.46. The Hall–Kier alpha value is -4.31. The molecule has 6 rings (SSSR count). The number of nitrogens with zero attached hydrogens (tertiary/aromatic N) is 3. The number of nitrogens with one attached hydrogen (secondary N) is 1. The van der Waals surface area contributed by atoms with E-state index >= 15 is 0 Å². The van der Waals surface area contributed by atoms with Gasteiger partial charge in [-0.2, -0.15) is 0 Å². The van der Waals surface area contributed by atoms with Crippen LogP contribution in [0.2, 0.25) is 0 Å². The molecule has 1 aliphatic carbocycles. The highest BCUT2D eigenvalue weighted by Crippen LogP contribution is 2.40. The molecule has 10 heteroatoms. The Bertz CT molecular complexity index is 1590. The quantitative estimate of drug-likeness (QED) is 0.290. The van der Waals surface area contributed by atoms with Gasteiger partial charge in [0, 0.05) is 37.4 Å². The number of hydrogen-bond donors (Lipinski definition) is 1. The Balaban J connectivity index is 1.13. The van der Waals surface area contributed by atoms with Crippen molar-refractivity contribution in [3.63, 3.8) is 0 Å². The van der Waals surface area contributed by atoms with Gasteiger partial charge in [0.2, 0.25) is 0 Å². The molecule has 3 aromatic rings. The van der Waals surface area contributed by atoms with E-state index in [1.165, 1.54) is 23.1 Å². The van der Waals surface area contributed by atoms with Gasteiger partial charge in [-0.3, -0.25) is 9.80 Å². The van der Waals surface area contributed by atoms with Crippen molar-refractivity contribution in [1.82, 2.24) is 20.0 Å². The summed E-state index contributed by atoms with van der Waals surface area (Å²) < 4.78 is 47.2. The fourth-order valence-corrected chi connectivity index (χ4v) is 7.18. The van der Waals surface area contributed by atoms with Gasteiger partial charge >= 0.3 is 12.1 Å². The zero-order chi connectivity index (χ0) is 32.4. The number of benzene rings is 3. The van der Waals surface area contributed by atoms with Crippen LogP contribution in [0, 0.1) is 17.5 Å². The Morgan fingerprint density at radius 3 is 2.41 bits per heavy atom. The van der Waals surface area contributed by atoms with Crippen molar-refractivity contribution >= 4 is 12.1 Å². The predicted octanol–water partition coefficient (Wildman–Crippen LogP) is 7.68. The molecule has 1 saturated carbocycles. The van der Waals surface area contributed by atoms with Crippen LogP contribution in [0.15, 0.2) is 79.0 Å². The van der Waals surface area contributed by atoms with Gasteiger partial charge in [0.15, 0.2) is 11.6 Å². The number of methoxy groups -OCH3 is 1. The minimum absolute atomic E-state index is 0.174. The van der Waals surface area contributed by atoms with Crippen molar-refractivity contribution in [3.8, 4) is 5.75 Å². The predicted molar refractivity (Wildman–Crippen MR) is 169 cm³/mol. The topological polar surface area (TPSA) is 65.1 Å².